The van der Waals surface area contributed by atoms with E-state index in [4.69, 9.17) is 6.57 Å². The molecule has 0 aliphatic rings. The molecule has 0 aliphatic carbocycles. The lowest BCUT2D eigenvalue weighted by Gasteiger charge is -2.15. The number of benzene rings is 8. The van der Waals surface area contributed by atoms with Crippen LogP contribution >= 0.6 is 0 Å². The molecule has 10 aromatic rings. The summed E-state index contributed by atoms with van der Waals surface area (Å²) in [5.41, 5.74) is 14.1. The van der Waals surface area contributed by atoms with Crippen molar-refractivity contribution in [2.75, 3.05) is 0 Å². The van der Waals surface area contributed by atoms with E-state index in [0.29, 0.717) is 5.69 Å². The summed E-state index contributed by atoms with van der Waals surface area (Å²) in [4.78, 5) is 3.82. The van der Waals surface area contributed by atoms with Crippen molar-refractivity contribution in [3.05, 3.63) is 199 Å². The van der Waals surface area contributed by atoms with Crippen molar-refractivity contribution < 1.29 is 0 Å². The second-order valence-electron chi connectivity index (χ2n) is 13.3. The molecule has 52 heavy (non-hydrogen) atoms. The smallest absolute Gasteiger partial charge is 0.194 e. The molecule has 0 amide bonds. The Morgan fingerprint density at radius 1 is 0.327 bits per heavy atom. The monoisotopic (exact) mass is 661 g/mol. The van der Waals surface area contributed by atoms with E-state index in [1.807, 2.05) is 24.3 Å². The second-order valence-corrected chi connectivity index (χ2v) is 13.3. The van der Waals surface area contributed by atoms with Gasteiger partial charge in [0.25, 0.3) is 0 Å². The number of rotatable bonds is 5. The number of aromatic nitrogens is 2. The van der Waals surface area contributed by atoms with Gasteiger partial charge in [-0.3, -0.25) is 0 Å². The van der Waals surface area contributed by atoms with Crippen LogP contribution < -0.4 is 0 Å². The Morgan fingerprint density at radius 2 is 0.827 bits per heavy atom. The maximum Gasteiger partial charge on any atom is 0.194 e. The van der Waals surface area contributed by atoms with Crippen LogP contribution in [0.5, 0.6) is 0 Å². The van der Waals surface area contributed by atoms with E-state index < -0.39 is 0 Å². The van der Waals surface area contributed by atoms with Crippen molar-refractivity contribution in [3.8, 4) is 44.8 Å². The lowest BCUT2D eigenvalue weighted by molar-refractivity contribution is 1.18. The van der Waals surface area contributed by atoms with Gasteiger partial charge in [-0.05, 0) is 100 Å². The van der Waals surface area contributed by atoms with Crippen molar-refractivity contribution in [3.63, 3.8) is 0 Å². The van der Waals surface area contributed by atoms with E-state index >= 15 is 0 Å². The van der Waals surface area contributed by atoms with Gasteiger partial charge < -0.3 is 9.13 Å². The Morgan fingerprint density at radius 3 is 1.50 bits per heavy atom. The lowest BCUT2D eigenvalue weighted by Crippen LogP contribution is -1.96. The second kappa shape index (κ2) is 12.0. The molecule has 0 aliphatic heterocycles. The maximum atomic E-state index is 7.79. The standard InChI is InChI=1S/C49H31N3/c1-50-45-22-9-5-18-40(45)35-15-13-14-33(28-35)36-29-37(31-39(30-36)52-46-23-10-6-19-41(46)42-20-7-11-24-47(42)52)34-26-27-49-44(32-34)43-21-8-12-25-48(43)51(49)38-16-3-2-4-17-38/h2-32H. The van der Waals surface area contributed by atoms with Crippen molar-refractivity contribution in [2.45, 2.75) is 0 Å². The molecule has 0 spiro atoms. The summed E-state index contributed by atoms with van der Waals surface area (Å²) in [6.45, 7) is 7.79. The SMILES string of the molecule is [C-]#[N+]c1ccccc1-c1cccc(-c2cc(-c3ccc4c(c3)c3ccccc3n4-c3ccccc3)cc(-n3c4ccccc4c4ccccc43)c2)c1. The summed E-state index contributed by atoms with van der Waals surface area (Å²) in [5.74, 6) is 0. The van der Waals surface area contributed by atoms with Gasteiger partial charge in [0, 0.05) is 32.9 Å². The van der Waals surface area contributed by atoms with Gasteiger partial charge in [0.05, 0.1) is 28.6 Å². The van der Waals surface area contributed by atoms with Crippen LogP contribution in [0.1, 0.15) is 0 Å². The molecule has 2 heterocycles. The van der Waals surface area contributed by atoms with E-state index in [9.17, 15) is 0 Å². The molecule has 0 N–H and O–H groups in total. The quantitative estimate of drug-likeness (QED) is 0.163. The molecule has 0 fully saturated rings. The Bertz CT molecular complexity index is 2970. The molecule has 10 rings (SSSR count). The molecular weight excluding hydrogens is 631 g/mol. The Labute approximate surface area is 301 Å². The number of hydrogen-bond donors (Lipinski definition) is 0. The Kier molecular flexibility index (Phi) is 6.87. The molecule has 8 aromatic carbocycles. The third kappa shape index (κ3) is 4.74. The first-order valence-electron chi connectivity index (χ1n) is 17.6. The third-order valence-corrected chi connectivity index (χ3v) is 10.3. The zero-order valence-electron chi connectivity index (χ0n) is 28.2. The van der Waals surface area contributed by atoms with Gasteiger partial charge in [-0.25, -0.2) is 4.85 Å². The maximum absolute atomic E-state index is 7.79. The summed E-state index contributed by atoms with van der Waals surface area (Å²) in [6.07, 6.45) is 0. The first-order chi connectivity index (χ1) is 25.7. The molecule has 0 saturated carbocycles. The molecule has 0 saturated heterocycles. The van der Waals surface area contributed by atoms with Gasteiger partial charge in [-0.15, -0.1) is 0 Å². The molecule has 242 valence electrons. The molecular formula is C49H31N3. The van der Waals surface area contributed by atoms with Crippen LogP contribution in [0.4, 0.5) is 5.69 Å². The zero-order valence-corrected chi connectivity index (χ0v) is 28.2. The summed E-state index contributed by atoms with van der Waals surface area (Å²) in [7, 11) is 0. The first kappa shape index (κ1) is 29.7. The van der Waals surface area contributed by atoms with Gasteiger partial charge in [-0.2, -0.15) is 0 Å². The van der Waals surface area contributed by atoms with Gasteiger partial charge in [-0.1, -0.05) is 121 Å². The van der Waals surface area contributed by atoms with Gasteiger partial charge in [0.1, 0.15) is 0 Å². The van der Waals surface area contributed by atoms with Crippen LogP contribution in [0.25, 0.3) is 93.2 Å². The predicted molar refractivity (Wildman–Crippen MR) is 218 cm³/mol. The van der Waals surface area contributed by atoms with Crippen LogP contribution in [-0.4, -0.2) is 9.13 Å². The van der Waals surface area contributed by atoms with Crippen LogP contribution in [0.2, 0.25) is 0 Å². The van der Waals surface area contributed by atoms with Gasteiger partial charge in [0.2, 0.25) is 0 Å². The average molecular weight is 662 g/mol. The van der Waals surface area contributed by atoms with Gasteiger partial charge >= 0.3 is 0 Å². The van der Waals surface area contributed by atoms with Crippen LogP contribution in [0.15, 0.2) is 188 Å². The first-order valence-corrected chi connectivity index (χ1v) is 17.6. The molecule has 3 nitrogen and oxygen atoms in total. The summed E-state index contributed by atoms with van der Waals surface area (Å²) in [6, 6.07) is 66.9. The predicted octanol–water partition coefficient (Wildman–Crippen LogP) is 13.4. The fourth-order valence-electron chi connectivity index (χ4n) is 7.96. The molecule has 2 aromatic heterocycles. The van der Waals surface area contributed by atoms with Crippen molar-refractivity contribution in [1.29, 1.82) is 0 Å². The highest BCUT2D eigenvalue weighted by Gasteiger charge is 2.17. The van der Waals surface area contributed by atoms with Crippen LogP contribution in [0.3, 0.4) is 0 Å². The molecule has 0 bridgehead atoms. The van der Waals surface area contributed by atoms with E-state index in [-0.39, 0.29) is 0 Å². The van der Waals surface area contributed by atoms with E-state index in [1.54, 1.807) is 0 Å². The summed E-state index contributed by atoms with van der Waals surface area (Å²) < 4.78 is 4.76. The third-order valence-electron chi connectivity index (χ3n) is 10.3. The average Bonchev–Trinajstić information content (AvgIpc) is 3.74. The van der Waals surface area contributed by atoms with Crippen LogP contribution in [0, 0.1) is 6.57 Å². The van der Waals surface area contributed by atoms with E-state index in [2.05, 4.69) is 178 Å². The summed E-state index contributed by atoms with van der Waals surface area (Å²) >= 11 is 0. The Hall–Kier alpha value is -7.15. The van der Waals surface area contributed by atoms with Crippen molar-refractivity contribution >= 4 is 49.3 Å². The highest BCUT2D eigenvalue weighted by atomic mass is 15.0. The number of hydrogen-bond acceptors (Lipinski definition) is 0. The molecule has 0 radical (unpaired) electrons. The van der Waals surface area contributed by atoms with E-state index in [1.165, 1.54) is 43.6 Å². The number of nitrogens with zero attached hydrogens (tertiary/aromatic N) is 3. The zero-order chi connectivity index (χ0) is 34.6. The van der Waals surface area contributed by atoms with Crippen molar-refractivity contribution in [2.24, 2.45) is 0 Å². The summed E-state index contributed by atoms with van der Waals surface area (Å²) in [5, 5.41) is 4.92. The lowest BCUT2D eigenvalue weighted by atomic mass is 9.94. The molecule has 3 heteroatoms. The van der Waals surface area contributed by atoms with Crippen LogP contribution in [-0.2, 0) is 0 Å². The molecule has 0 unspecified atom stereocenters. The highest BCUT2D eigenvalue weighted by molar-refractivity contribution is 6.11. The van der Waals surface area contributed by atoms with Gasteiger partial charge in [0.15, 0.2) is 5.69 Å². The molecule has 0 atom stereocenters. The fraction of sp³-hybridized carbons (Fsp3) is 0. The minimum absolute atomic E-state index is 0.655. The minimum atomic E-state index is 0.655. The normalized spacial score (nSPS) is 11.4. The minimum Gasteiger partial charge on any atom is -0.309 e. The number of fused-ring (bicyclic) bond motifs is 6. The number of para-hydroxylation sites is 5. The Balaban J connectivity index is 1.23. The topological polar surface area (TPSA) is 14.2 Å². The largest absolute Gasteiger partial charge is 0.309 e. The van der Waals surface area contributed by atoms with Crippen molar-refractivity contribution in [1.82, 2.24) is 9.13 Å². The highest BCUT2D eigenvalue weighted by Crippen LogP contribution is 2.40. The van der Waals surface area contributed by atoms with E-state index in [0.717, 1.165) is 44.8 Å². The fourth-order valence-corrected chi connectivity index (χ4v) is 7.96.